The van der Waals surface area contributed by atoms with Crippen LogP contribution in [0.1, 0.15) is 6.92 Å². The molecule has 0 bridgehead atoms. The molecule has 0 aromatic carbocycles. The third kappa shape index (κ3) is 1.67. The van der Waals surface area contributed by atoms with Crippen LogP contribution in [0.15, 0.2) is 0 Å². The molecule has 0 aliphatic rings. The molecule has 0 spiro atoms. The van der Waals surface area contributed by atoms with Crippen LogP contribution in [0.2, 0.25) is 0 Å². The molecule has 0 heterocycles. The lowest BCUT2D eigenvalue weighted by atomic mass is 10.1. The standard InChI is InChI=1S/C4H6F3NO/c1-3(8,2-9)4(5,6)7/h2H,8H2,1H3. The van der Waals surface area contributed by atoms with Gasteiger partial charge < -0.3 is 10.5 Å². The summed E-state index contributed by atoms with van der Waals surface area (Å²) >= 11 is 0. The van der Waals surface area contributed by atoms with E-state index in [0.717, 1.165) is 0 Å². The van der Waals surface area contributed by atoms with E-state index >= 15 is 0 Å². The van der Waals surface area contributed by atoms with Gasteiger partial charge in [0.25, 0.3) is 0 Å². The second-order valence-corrected chi connectivity index (χ2v) is 1.90. The molecule has 0 saturated carbocycles. The van der Waals surface area contributed by atoms with E-state index in [1.807, 2.05) is 0 Å². The maximum absolute atomic E-state index is 11.5. The molecular formula is C4H6F3NO. The van der Waals surface area contributed by atoms with Crippen LogP contribution in [0, 0.1) is 0 Å². The van der Waals surface area contributed by atoms with Crippen molar-refractivity contribution >= 4 is 6.29 Å². The van der Waals surface area contributed by atoms with E-state index in [-0.39, 0.29) is 6.29 Å². The zero-order chi connectivity index (χ0) is 7.71. The first kappa shape index (κ1) is 8.42. The fraction of sp³-hybridized carbons (Fsp3) is 0.750. The number of nitrogens with two attached hydrogens (primary N) is 1. The van der Waals surface area contributed by atoms with Gasteiger partial charge in [-0.3, -0.25) is 0 Å². The Morgan fingerprint density at radius 1 is 1.44 bits per heavy atom. The third-order valence-electron chi connectivity index (χ3n) is 0.856. The minimum absolute atomic E-state index is 0.326. The number of rotatable bonds is 1. The Labute approximate surface area is 49.8 Å². The van der Waals surface area contributed by atoms with E-state index in [1.165, 1.54) is 0 Å². The number of hydrogen-bond acceptors (Lipinski definition) is 2. The second kappa shape index (κ2) is 1.98. The SMILES string of the molecule is CC(N)(C=O)C(F)(F)F. The Balaban J connectivity index is 4.32. The minimum atomic E-state index is -4.64. The van der Waals surface area contributed by atoms with Crippen molar-refractivity contribution in [2.45, 2.75) is 18.6 Å². The molecule has 2 nitrogen and oxygen atoms in total. The van der Waals surface area contributed by atoms with Gasteiger partial charge in [0.1, 0.15) is 6.29 Å². The number of carbonyl (C=O) groups is 1. The summed E-state index contributed by atoms with van der Waals surface area (Å²) < 4.78 is 34.4. The van der Waals surface area contributed by atoms with Crippen molar-refractivity contribution in [2.75, 3.05) is 0 Å². The molecule has 0 aromatic heterocycles. The van der Waals surface area contributed by atoms with E-state index in [2.05, 4.69) is 5.73 Å². The van der Waals surface area contributed by atoms with Crippen molar-refractivity contribution < 1.29 is 18.0 Å². The molecule has 5 heteroatoms. The summed E-state index contributed by atoms with van der Waals surface area (Å²) in [6.45, 7) is 0.611. The number of aldehydes is 1. The summed E-state index contributed by atoms with van der Waals surface area (Å²) in [6, 6.07) is 0. The Morgan fingerprint density at radius 3 is 1.78 bits per heavy atom. The first-order valence-electron chi connectivity index (χ1n) is 2.13. The molecule has 54 valence electrons. The van der Waals surface area contributed by atoms with Gasteiger partial charge in [0.05, 0.1) is 0 Å². The molecule has 0 aliphatic carbocycles. The molecule has 9 heavy (non-hydrogen) atoms. The Morgan fingerprint density at radius 2 is 1.78 bits per heavy atom. The van der Waals surface area contributed by atoms with Gasteiger partial charge in [-0.15, -0.1) is 0 Å². The van der Waals surface area contributed by atoms with Crippen molar-refractivity contribution in [3.05, 3.63) is 0 Å². The van der Waals surface area contributed by atoms with E-state index in [0.29, 0.717) is 6.92 Å². The van der Waals surface area contributed by atoms with Gasteiger partial charge in [0.2, 0.25) is 0 Å². The molecule has 0 fully saturated rings. The van der Waals surface area contributed by atoms with Gasteiger partial charge in [-0.25, -0.2) is 0 Å². The smallest absolute Gasteiger partial charge is 0.312 e. The van der Waals surface area contributed by atoms with Crippen LogP contribution in [-0.2, 0) is 4.79 Å². The van der Waals surface area contributed by atoms with Crippen LogP contribution in [0.25, 0.3) is 0 Å². The molecule has 0 aliphatic heterocycles. The van der Waals surface area contributed by atoms with Crippen molar-refractivity contribution in [3.63, 3.8) is 0 Å². The Bertz CT molecular complexity index is 117. The summed E-state index contributed by atoms with van der Waals surface area (Å²) in [4.78, 5) is 9.63. The molecule has 1 unspecified atom stereocenters. The van der Waals surface area contributed by atoms with Crippen LogP contribution in [-0.4, -0.2) is 18.0 Å². The maximum Gasteiger partial charge on any atom is 0.412 e. The summed E-state index contributed by atoms with van der Waals surface area (Å²) in [5.74, 6) is 0. The fourth-order valence-electron chi connectivity index (χ4n) is 0.0668. The normalized spacial score (nSPS) is 18.8. The van der Waals surface area contributed by atoms with Gasteiger partial charge in [-0.05, 0) is 6.92 Å². The average molecular weight is 141 g/mol. The summed E-state index contributed by atoms with van der Waals surface area (Å²) in [5.41, 5.74) is 1.80. The lowest BCUT2D eigenvalue weighted by Crippen LogP contribution is -2.52. The van der Waals surface area contributed by atoms with Gasteiger partial charge in [0, 0.05) is 0 Å². The molecule has 1 atom stereocenters. The number of hydrogen-bond donors (Lipinski definition) is 1. The number of carbonyl (C=O) groups excluding carboxylic acids is 1. The zero-order valence-electron chi connectivity index (χ0n) is 4.70. The van der Waals surface area contributed by atoms with Crippen LogP contribution < -0.4 is 5.73 Å². The highest BCUT2D eigenvalue weighted by Gasteiger charge is 2.48. The highest BCUT2D eigenvalue weighted by atomic mass is 19.4. The second-order valence-electron chi connectivity index (χ2n) is 1.90. The van der Waals surface area contributed by atoms with Crippen LogP contribution in [0.3, 0.4) is 0 Å². The molecular weight excluding hydrogens is 135 g/mol. The average Bonchev–Trinajstić information content (AvgIpc) is 1.64. The summed E-state index contributed by atoms with van der Waals surface area (Å²) in [6.07, 6.45) is -4.97. The number of alkyl halides is 3. The van der Waals surface area contributed by atoms with Gasteiger partial charge in [-0.2, -0.15) is 13.2 Å². The molecule has 2 N–H and O–H groups in total. The van der Waals surface area contributed by atoms with E-state index in [9.17, 15) is 18.0 Å². The first-order valence-corrected chi connectivity index (χ1v) is 2.13. The monoisotopic (exact) mass is 141 g/mol. The van der Waals surface area contributed by atoms with Gasteiger partial charge >= 0.3 is 6.18 Å². The first-order chi connectivity index (χ1) is 3.81. The molecule has 0 rings (SSSR count). The van der Waals surface area contributed by atoms with Crippen molar-refractivity contribution in [1.82, 2.24) is 0 Å². The minimum Gasteiger partial charge on any atom is -0.312 e. The van der Waals surface area contributed by atoms with Crippen LogP contribution in [0.4, 0.5) is 13.2 Å². The fourth-order valence-corrected chi connectivity index (χ4v) is 0.0668. The molecule has 0 amide bonds. The summed E-state index contributed by atoms with van der Waals surface area (Å²) in [7, 11) is 0. The highest BCUT2D eigenvalue weighted by Crippen LogP contribution is 2.25. The van der Waals surface area contributed by atoms with Gasteiger partial charge in [0.15, 0.2) is 5.54 Å². The van der Waals surface area contributed by atoms with Crippen LogP contribution >= 0.6 is 0 Å². The quantitative estimate of drug-likeness (QED) is 0.539. The third-order valence-corrected chi connectivity index (χ3v) is 0.856. The zero-order valence-corrected chi connectivity index (χ0v) is 4.70. The van der Waals surface area contributed by atoms with E-state index in [4.69, 9.17) is 0 Å². The topological polar surface area (TPSA) is 43.1 Å². The highest BCUT2D eigenvalue weighted by molar-refractivity contribution is 5.64. The van der Waals surface area contributed by atoms with Crippen molar-refractivity contribution in [3.8, 4) is 0 Å². The van der Waals surface area contributed by atoms with Crippen LogP contribution in [0.5, 0.6) is 0 Å². The molecule has 0 radical (unpaired) electrons. The maximum atomic E-state index is 11.5. The van der Waals surface area contributed by atoms with Crippen molar-refractivity contribution in [2.24, 2.45) is 5.73 Å². The predicted molar refractivity (Wildman–Crippen MR) is 24.7 cm³/mol. The predicted octanol–water partition coefficient (Wildman–Crippen LogP) is 0.465. The lowest BCUT2D eigenvalue weighted by Gasteiger charge is -2.19. The van der Waals surface area contributed by atoms with Crippen molar-refractivity contribution in [1.29, 1.82) is 0 Å². The summed E-state index contributed by atoms with van der Waals surface area (Å²) in [5, 5.41) is 0. The Kier molecular flexibility index (Phi) is 1.85. The van der Waals surface area contributed by atoms with Gasteiger partial charge in [-0.1, -0.05) is 0 Å². The Hall–Kier alpha value is -0.580. The largest absolute Gasteiger partial charge is 0.412 e. The number of halogens is 3. The van der Waals surface area contributed by atoms with E-state index in [1.54, 1.807) is 0 Å². The molecule has 0 saturated heterocycles. The molecule has 0 aromatic rings. The van der Waals surface area contributed by atoms with E-state index < -0.39 is 11.7 Å². The lowest BCUT2D eigenvalue weighted by molar-refractivity contribution is -0.179.